The standard InChI is InChI=1S/C18H23N3O5S/c1-18(16(23)20-17(24)21-18)12-5-4-6-13(11-12)19-15(22)9-10-27(25,26)14-7-2-3-8-14/h4-6,11,14H,2-3,7-10H2,1H3,(H,19,22)(H2,20,21,23,24)/t18-/m0/s1. The number of urea groups is 1. The van der Waals surface area contributed by atoms with Crippen molar-refractivity contribution in [3.05, 3.63) is 29.8 Å². The number of hydrogen-bond acceptors (Lipinski definition) is 5. The van der Waals surface area contributed by atoms with Gasteiger partial charge in [0.1, 0.15) is 5.54 Å². The van der Waals surface area contributed by atoms with Crippen LogP contribution in [-0.2, 0) is 25.0 Å². The summed E-state index contributed by atoms with van der Waals surface area (Å²) in [5.41, 5.74) is -0.267. The number of sulfone groups is 1. The molecule has 3 rings (SSSR count). The second-order valence-corrected chi connectivity index (χ2v) is 9.59. The van der Waals surface area contributed by atoms with Crippen molar-refractivity contribution in [3.63, 3.8) is 0 Å². The number of carbonyl (C=O) groups is 3. The first-order chi connectivity index (χ1) is 12.7. The maximum Gasteiger partial charge on any atom is 0.322 e. The van der Waals surface area contributed by atoms with Crippen molar-refractivity contribution in [3.8, 4) is 0 Å². The molecule has 1 atom stereocenters. The summed E-state index contributed by atoms with van der Waals surface area (Å²) in [6.45, 7) is 1.57. The molecule has 3 N–H and O–H groups in total. The Morgan fingerprint density at radius 2 is 1.96 bits per heavy atom. The molecule has 9 heteroatoms. The zero-order valence-electron chi connectivity index (χ0n) is 15.1. The number of rotatable bonds is 6. The van der Waals surface area contributed by atoms with Crippen LogP contribution in [-0.4, -0.2) is 37.3 Å². The van der Waals surface area contributed by atoms with E-state index in [2.05, 4.69) is 16.0 Å². The summed E-state index contributed by atoms with van der Waals surface area (Å²) in [6.07, 6.45) is 3.09. The number of nitrogens with one attached hydrogen (secondary N) is 3. The summed E-state index contributed by atoms with van der Waals surface area (Å²) in [7, 11) is -3.25. The van der Waals surface area contributed by atoms with Gasteiger partial charge in [-0.15, -0.1) is 0 Å². The molecule has 0 aromatic heterocycles. The summed E-state index contributed by atoms with van der Waals surface area (Å²) in [5, 5.41) is 7.09. The van der Waals surface area contributed by atoms with Crippen LogP contribution in [0.4, 0.5) is 10.5 Å². The summed E-state index contributed by atoms with van der Waals surface area (Å²) in [5.74, 6) is -1.04. The Bertz CT molecular complexity index is 877. The molecule has 4 amide bonds. The molecule has 1 aromatic rings. The zero-order valence-corrected chi connectivity index (χ0v) is 15.9. The fourth-order valence-corrected chi connectivity index (χ4v) is 5.38. The maximum atomic E-state index is 12.3. The lowest BCUT2D eigenvalue weighted by molar-refractivity contribution is -0.123. The maximum absolute atomic E-state index is 12.3. The van der Waals surface area contributed by atoms with Crippen LogP contribution >= 0.6 is 0 Å². The first kappa shape index (κ1) is 19.3. The molecule has 1 heterocycles. The molecular weight excluding hydrogens is 370 g/mol. The van der Waals surface area contributed by atoms with Crippen LogP contribution in [0.3, 0.4) is 0 Å². The molecule has 2 fully saturated rings. The quantitative estimate of drug-likeness (QED) is 0.631. The first-order valence-corrected chi connectivity index (χ1v) is 10.7. The topological polar surface area (TPSA) is 121 Å². The summed E-state index contributed by atoms with van der Waals surface area (Å²) < 4.78 is 24.5. The Labute approximate surface area is 158 Å². The molecular formula is C18H23N3O5S. The molecule has 0 unspecified atom stereocenters. The molecule has 27 heavy (non-hydrogen) atoms. The summed E-state index contributed by atoms with van der Waals surface area (Å²) >= 11 is 0. The minimum absolute atomic E-state index is 0.114. The fourth-order valence-electron chi connectivity index (χ4n) is 3.53. The van der Waals surface area contributed by atoms with Crippen molar-refractivity contribution in [2.75, 3.05) is 11.1 Å². The van der Waals surface area contributed by atoms with Gasteiger partial charge < -0.3 is 10.6 Å². The molecule has 0 radical (unpaired) electrons. The van der Waals surface area contributed by atoms with Gasteiger partial charge in [0.2, 0.25) is 5.91 Å². The van der Waals surface area contributed by atoms with E-state index in [1.165, 1.54) is 0 Å². The first-order valence-electron chi connectivity index (χ1n) is 8.96. The molecule has 1 aromatic carbocycles. The molecule has 1 saturated heterocycles. The summed E-state index contributed by atoms with van der Waals surface area (Å²) in [6, 6.07) is 5.99. The van der Waals surface area contributed by atoms with E-state index in [1.54, 1.807) is 31.2 Å². The molecule has 2 aliphatic rings. The smallest absolute Gasteiger partial charge is 0.322 e. The number of benzene rings is 1. The largest absolute Gasteiger partial charge is 0.326 e. The van der Waals surface area contributed by atoms with Crippen molar-refractivity contribution in [1.29, 1.82) is 0 Å². The van der Waals surface area contributed by atoms with Crippen molar-refractivity contribution in [1.82, 2.24) is 10.6 Å². The molecule has 1 aliphatic heterocycles. The highest BCUT2D eigenvalue weighted by molar-refractivity contribution is 7.92. The van der Waals surface area contributed by atoms with E-state index in [0.717, 1.165) is 12.8 Å². The fraction of sp³-hybridized carbons (Fsp3) is 0.500. The van der Waals surface area contributed by atoms with Crippen LogP contribution in [0.2, 0.25) is 0 Å². The zero-order chi connectivity index (χ0) is 19.7. The number of amides is 4. The molecule has 0 bridgehead atoms. The van der Waals surface area contributed by atoms with Crippen molar-refractivity contribution in [2.24, 2.45) is 0 Å². The molecule has 146 valence electrons. The summed E-state index contributed by atoms with van der Waals surface area (Å²) in [4.78, 5) is 35.6. The van der Waals surface area contributed by atoms with Crippen molar-refractivity contribution >= 4 is 33.4 Å². The Morgan fingerprint density at radius 3 is 2.59 bits per heavy atom. The minimum Gasteiger partial charge on any atom is -0.326 e. The third-order valence-electron chi connectivity index (χ3n) is 5.19. The second kappa shape index (κ2) is 7.30. The van der Waals surface area contributed by atoms with E-state index < -0.39 is 33.2 Å². The van der Waals surface area contributed by atoms with Crippen LogP contribution < -0.4 is 16.0 Å². The van der Waals surface area contributed by atoms with Crippen LogP contribution in [0.5, 0.6) is 0 Å². The highest BCUT2D eigenvalue weighted by Crippen LogP contribution is 2.27. The molecule has 0 spiro atoms. The highest BCUT2D eigenvalue weighted by atomic mass is 32.2. The second-order valence-electron chi connectivity index (χ2n) is 7.19. The number of imide groups is 1. The van der Waals surface area contributed by atoms with Crippen LogP contribution in [0.15, 0.2) is 24.3 Å². The number of anilines is 1. The lowest BCUT2D eigenvalue weighted by Crippen LogP contribution is -2.40. The lowest BCUT2D eigenvalue weighted by Gasteiger charge is -2.21. The van der Waals surface area contributed by atoms with Gasteiger partial charge in [-0.05, 0) is 37.5 Å². The van der Waals surface area contributed by atoms with Gasteiger partial charge in [0, 0.05) is 12.1 Å². The van der Waals surface area contributed by atoms with E-state index >= 15 is 0 Å². The van der Waals surface area contributed by atoms with Crippen molar-refractivity contribution < 1.29 is 22.8 Å². The van der Waals surface area contributed by atoms with Gasteiger partial charge in [0.25, 0.3) is 5.91 Å². The number of carbonyl (C=O) groups excluding carboxylic acids is 3. The Kier molecular flexibility index (Phi) is 5.23. The average molecular weight is 393 g/mol. The van der Waals surface area contributed by atoms with Gasteiger partial charge in [-0.25, -0.2) is 13.2 Å². The van der Waals surface area contributed by atoms with Crippen LogP contribution in [0, 0.1) is 0 Å². The van der Waals surface area contributed by atoms with E-state index in [1.807, 2.05) is 0 Å². The van der Waals surface area contributed by atoms with Gasteiger partial charge in [0.05, 0.1) is 11.0 Å². The monoisotopic (exact) mass is 393 g/mol. The van der Waals surface area contributed by atoms with Crippen LogP contribution in [0.1, 0.15) is 44.6 Å². The Hall–Kier alpha value is -2.42. The predicted octanol–water partition coefficient (Wildman–Crippen LogP) is 1.43. The normalized spacial score (nSPS) is 23.1. The number of hydrogen-bond donors (Lipinski definition) is 3. The van der Waals surface area contributed by atoms with Crippen molar-refractivity contribution in [2.45, 2.75) is 49.8 Å². The third kappa shape index (κ3) is 4.13. The van der Waals surface area contributed by atoms with Gasteiger partial charge in [-0.3, -0.25) is 14.9 Å². The van der Waals surface area contributed by atoms with E-state index in [4.69, 9.17) is 0 Å². The average Bonchev–Trinajstić information content (AvgIpc) is 3.23. The van der Waals surface area contributed by atoms with Crippen LogP contribution in [0.25, 0.3) is 0 Å². The molecule has 1 saturated carbocycles. The van der Waals surface area contributed by atoms with Gasteiger partial charge in [-0.2, -0.15) is 0 Å². The van der Waals surface area contributed by atoms with E-state index in [0.29, 0.717) is 24.1 Å². The SMILES string of the molecule is C[C@@]1(c2cccc(NC(=O)CCS(=O)(=O)C3CCCC3)c2)NC(=O)NC1=O. The van der Waals surface area contributed by atoms with Gasteiger partial charge >= 0.3 is 6.03 Å². The van der Waals surface area contributed by atoms with E-state index in [-0.39, 0.29) is 17.4 Å². The molecule has 8 nitrogen and oxygen atoms in total. The minimum atomic E-state index is -3.25. The predicted molar refractivity (Wildman–Crippen MR) is 99.8 cm³/mol. The van der Waals surface area contributed by atoms with Gasteiger partial charge in [0.15, 0.2) is 9.84 Å². The van der Waals surface area contributed by atoms with Gasteiger partial charge in [-0.1, -0.05) is 25.0 Å². The Balaban J connectivity index is 1.63. The lowest BCUT2D eigenvalue weighted by atomic mass is 9.92. The molecule has 1 aliphatic carbocycles. The third-order valence-corrected chi connectivity index (χ3v) is 7.45. The van der Waals surface area contributed by atoms with E-state index in [9.17, 15) is 22.8 Å². The Morgan fingerprint density at radius 1 is 1.26 bits per heavy atom. The highest BCUT2D eigenvalue weighted by Gasteiger charge is 2.43.